The van der Waals surface area contributed by atoms with Gasteiger partial charge < -0.3 is 4.90 Å². The van der Waals surface area contributed by atoms with Gasteiger partial charge in [-0.05, 0) is 74.4 Å². The molecule has 0 amide bonds. The van der Waals surface area contributed by atoms with E-state index in [0.29, 0.717) is 29.9 Å². The normalized spacial score (nSPS) is 20.9. The summed E-state index contributed by atoms with van der Waals surface area (Å²) in [4.78, 5) is 3.03. The first-order valence-corrected chi connectivity index (χ1v) is 11.7. The van der Waals surface area contributed by atoms with Gasteiger partial charge in [0.15, 0.2) is 0 Å². The Bertz CT molecular complexity index is 701. The first kappa shape index (κ1) is 19.8. The molecule has 3 rings (SSSR count). The monoisotopic (exact) mass is 378 g/mol. The van der Waals surface area contributed by atoms with E-state index in [1.165, 1.54) is 37.1 Å². The van der Waals surface area contributed by atoms with Crippen LogP contribution < -0.4 is 0 Å². The number of sulfonamides is 1. The fourth-order valence-electron chi connectivity index (χ4n) is 4.50. The number of piperidine rings is 1. The average Bonchev–Trinajstić information content (AvgIpc) is 3.16. The maximum atomic E-state index is 13.2. The first-order chi connectivity index (χ1) is 12.4. The van der Waals surface area contributed by atoms with Gasteiger partial charge in [0.1, 0.15) is 0 Å². The Morgan fingerprint density at radius 1 is 1.08 bits per heavy atom. The number of hydrogen-bond donors (Lipinski definition) is 0. The molecule has 0 unspecified atom stereocenters. The fourth-order valence-corrected chi connectivity index (χ4v) is 6.02. The molecule has 2 fully saturated rings. The van der Waals surface area contributed by atoms with E-state index in [1.807, 2.05) is 18.2 Å². The standard InChI is InChI=1S/C21H34N2O2S/c1-4-7-18-16-20(8-9-21(18)17(2)3)26(24,25)23-14-10-19(11-15-23)22-12-5-6-13-22/h8-9,16-17,19H,4-7,10-15H2,1-3H3. The van der Waals surface area contributed by atoms with Gasteiger partial charge in [-0.15, -0.1) is 0 Å². The van der Waals surface area contributed by atoms with Crippen molar-refractivity contribution >= 4 is 10.0 Å². The second-order valence-corrected chi connectivity index (χ2v) is 10.1. The van der Waals surface area contributed by atoms with Crippen LogP contribution in [0.1, 0.15) is 69.9 Å². The largest absolute Gasteiger partial charge is 0.300 e. The molecule has 4 nitrogen and oxygen atoms in total. The molecule has 0 aliphatic carbocycles. The van der Waals surface area contributed by atoms with Gasteiger partial charge in [0.25, 0.3) is 0 Å². The van der Waals surface area contributed by atoms with E-state index in [1.54, 1.807) is 4.31 Å². The van der Waals surface area contributed by atoms with Crippen LogP contribution in [0.4, 0.5) is 0 Å². The van der Waals surface area contributed by atoms with Gasteiger partial charge >= 0.3 is 0 Å². The molecule has 1 aromatic carbocycles. The van der Waals surface area contributed by atoms with Gasteiger partial charge in [-0.2, -0.15) is 4.31 Å². The maximum absolute atomic E-state index is 13.2. The summed E-state index contributed by atoms with van der Waals surface area (Å²) in [6.45, 7) is 10.2. The molecular formula is C21H34N2O2S. The van der Waals surface area contributed by atoms with Crippen molar-refractivity contribution in [3.05, 3.63) is 29.3 Å². The lowest BCUT2D eigenvalue weighted by atomic mass is 9.95. The third-order valence-corrected chi connectivity index (χ3v) is 7.87. The molecule has 2 aliphatic heterocycles. The van der Waals surface area contributed by atoms with Crippen molar-refractivity contribution in [2.24, 2.45) is 0 Å². The molecular weight excluding hydrogens is 344 g/mol. The molecule has 0 atom stereocenters. The Morgan fingerprint density at radius 2 is 1.73 bits per heavy atom. The highest BCUT2D eigenvalue weighted by Gasteiger charge is 2.32. The van der Waals surface area contributed by atoms with E-state index in [9.17, 15) is 8.42 Å². The average molecular weight is 379 g/mol. The van der Waals surface area contributed by atoms with Gasteiger partial charge in [0.2, 0.25) is 10.0 Å². The summed E-state index contributed by atoms with van der Waals surface area (Å²) >= 11 is 0. The van der Waals surface area contributed by atoms with E-state index < -0.39 is 10.0 Å². The lowest BCUT2D eigenvalue weighted by molar-refractivity contribution is 0.168. The number of aryl methyl sites for hydroxylation is 1. The summed E-state index contributed by atoms with van der Waals surface area (Å²) in [5.41, 5.74) is 2.47. The van der Waals surface area contributed by atoms with Crippen LogP contribution in [-0.4, -0.2) is 49.8 Å². The van der Waals surface area contributed by atoms with Gasteiger partial charge in [0.05, 0.1) is 4.90 Å². The number of benzene rings is 1. The smallest absolute Gasteiger partial charge is 0.243 e. The Morgan fingerprint density at radius 3 is 2.31 bits per heavy atom. The second kappa shape index (κ2) is 8.41. The van der Waals surface area contributed by atoms with Gasteiger partial charge in [-0.1, -0.05) is 33.3 Å². The Labute approximate surface area is 159 Å². The zero-order valence-corrected chi connectivity index (χ0v) is 17.4. The number of rotatable bonds is 6. The summed E-state index contributed by atoms with van der Waals surface area (Å²) in [6.07, 6.45) is 6.48. The SMILES string of the molecule is CCCc1cc(S(=O)(=O)N2CCC(N3CCCC3)CC2)ccc1C(C)C. The van der Waals surface area contributed by atoms with Crippen LogP contribution in [0.25, 0.3) is 0 Å². The summed E-state index contributed by atoms with van der Waals surface area (Å²) in [5.74, 6) is 0.421. The molecule has 2 aliphatic rings. The molecule has 1 aromatic rings. The Kier molecular flexibility index (Phi) is 6.41. The lowest BCUT2D eigenvalue weighted by Gasteiger charge is -2.36. The van der Waals surface area contributed by atoms with E-state index in [0.717, 1.165) is 25.7 Å². The Balaban J connectivity index is 1.74. The minimum Gasteiger partial charge on any atom is -0.300 e. The highest BCUT2D eigenvalue weighted by atomic mass is 32.2. The molecule has 0 N–H and O–H groups in total. The van der Waals surface area contributed by atoms with Crippen molar-refractivity contribution in [3.63, 3.8) is 0 Å². The van der Waals surface area contributed by atoms with E-state index in [4.69, 9.17) is 0 Å². The molecule has 0 saturated carbocycles. The molecule has 0 bridgehead atoms. The van der Waals surface area contributed by atoms with Crippen LogP contribution >= 0.6 is 0 Å². The van der Waals surface area contributed by atoms with Crippen molar-refractivity contribution < 1.29 is 8.42 Å². The van der Waals surface area contributed by atoms with Crippen molar-refractivity contribution in [3.8, 4) is 0 Å². The van der Waals surface area contributed by atoms with Crippen LogP contribution in [0.2, 0.25) is 0 Å². The molecule has 2 heterocycles. The third-order valence-electron chi connectivity index (χ3n) is 5.97. The molecule has 0 spiro atoms. The third kappa shape index (κ3) is 4.15. The molecule has 2 saturated heterocycles. The van der Waals surface area contributed by atoms with E-state index in [2.05, 4.69) is 25.7 Å². The molecule has 146 valence electrons. The van der Waals surface area contributed by atoms with E-state index in [-0.39, 0.29) is 0 Å². The number of nitrogens with zero attached hydrogens (tertiary/aromatic N) is 2. The van der Waals surface area contributed by atoms with Crippen molar-refractivity contribution in [1.82, 2.24) is 9.21 Å². The van der Waals surface area contributed by atoms with Crippen molar-refractivity contribution in [1.29, 1.82) is 0 Å². The summed E-state index contributed by atoms with van der Waals surface area (Å²) in [6, 6.07) is 6.35. The fraction of sp³-hybridized carbons (Fsp3) is 0.714. The molecule has 0 aromatic heterocycles. The zero-order valence-electron chi connectivity index (χ0n) is 16.6. The van der Waals surface area contributed by atoms with Crippen LogP contribution in [0.5, 0.6) is 0 Å². The predicted octanol–water partition coefficient (Wildman–Crippen LogP) is 4.01. The highest BCUT2D eigenvalue weighted by molar-refractivity contribution is 7.89. The maximum Gasteiger partial charge on any atom is 0.243 e. The summed E-state index contributed by atoms with van der Waals surface area (Å²) < 4.78 is 28.0. The quantitative estimate of drug-likeness (QED) is 0.751. The lowest BCUT2D eigenvalue weighted by Crippen LogP contribution is -2.45. The second-order valence-electron chi connectivity index (χ2n) is 8.14. The number of hydrogen-bond acceptors (Lipinski definition) is 3. The van der Waals surface area contributed by atoms with Crippen molar-refractivity contribution in [2.75, 3.05) is 26.2 Å². The van der Waals surface area contributed by atoms with Gasteiger partial charge in [-0.3, -0.25) is 0 Å². The zero-order chi connectivity index (χ0) is 18.7. The predicted molar refractivity (Wildman–Crippen MR) is 107 cm³/mol. The van der Waals surface area contributed by atoms with Gasteiger partial charge in [-0.25, -0.2) is 8.42 Å². The Hall–Kier alpha value is -0.910. The highest BCUT2D eigenvalue weighted by Crippen LogP contribution is 2.28. The van der Waals surface area contributed by atoms with Crippen LogP contribution in [0.3, 0.4) is 0 Å². The topological polar surface area (TPSA) is 40.6 Å². The van der Waals surface area contributed by atoms with Gasteiger partial charge in [0, 0.05) is 19.1 Å². The number of likely N-dealkylation sites (tertiary alicyclic amines) is 1. The minimum absolute atomic E-state index is 0.421. The summed E-state index contributed by atoms with van der Waals surface area (Å²) in [5, 5.41) is 0. The summed E-state index contributed by atoms with van der Waals surface area (Å²) in [7, 11) is -3.38. The molecule has 26 heavy (non-hydrogen) atoms. The molecule has 5 heteroatoms. The first-order valence-electron chi connectivity index (χ1n) is 10.3. The van der Waals surface area contributed by atoms with Crippen LogP contribution in [0.15, 0.2) is 23.1 Å². The molecule has 0 radical (unpaired) electrons. The van der Waals surface area contributed by atoms with Crippen LogP contribution in [-0.2, 0) is 16.4 Å². The van der Waals surface area contributed by atoms with Crippen molar-refractivity contribution in [2.45, 2.75) is 76.2 Å². The minimum atomic E-state index is -3.38. The van der Waals surface area contributed by atoms with Crippen LogP contribution in [0, 0.1) is 0 Å². The van der Waals surface area contributed by atoms with E-state index >= 15 is 0 Å².